The van der Waals surface area contributed by atoms with E-state index < -0.39 is 0 Å². The number of benzene rings is 2. The molecule has 1 aliphatic carbocycles. The molecule has 3 aromatic heterocycles. The van der Waals surface area contributed by atoms with Crippen molar-refractivity contribution >= 4 is 71.7 Å². The van der Waals surface area contributed by atoms with Crippen molar-refractivity contribution in [1.29, 1.82) is 5.26 Å². The Morgan fingerprint density at radius 2 is 1.62 bits per heavy atom. The number of hydrogen-bond donors (Lipinski definition) is 0. The van der Waals surface area contributed by atoms with Crippen LogP contribution in [0.1, 0.15) is 86.6 Å². The second kappa shape index (κ2) is 10.7. The standard InChI is InChI=1S/C37H37N5S3/c1-22-9-14-27-28-20-30(44-32(28)37(6,7)29(27)17-22)23(21-38)18-26-19-31-33(43-26)39-34(45-31)41-40-24-10-12-25(13-11-24)42-35(2,3)15-8-16-36(42,4)5/h9-14,17-20H,8,15-16H2,1-7H3/b23-18+,41-40+. The van der Waals surface area contributed by atoms with Crippen LogP contribution in [0.15, 0.2) is 64.8 Å². The molecule has 0 radical (unpaired) electrons. The molecular weight excluding hydrogens is 611 g/mol. The molecule has 0 atom stereocenters. The van der Waals surface area contributed by atoms with Crippen molar-refractivity contribution in [2.45, 2.75) is 84.2 Å². The van der Waals surface area contributed by atoms with Gasteiger partial charge in [-0.1, -0.05) is 48.9 Å². The second-order valence-corrected chi connectivity index (χ2v) is 17.2. The number of nitrogens with zero attached hydrogens (tertiary/aromatic N) is 5. The lowest BCUT2D eigenvalue weighted by atomic mass is 9.79. The molecule has 4 heterocycles. The largest absolute Gasteiger partial charge is 0.361 e. The van der Waals surface area contributed by atoms with Gasteiger partial charge in [0.2, 0.25) is 5.13 Å². The first-order valence-corrected chi connectivity index (χ1v) is 17.9. The molecule has 5 aromatic rings. The second-order valence-electron chi connectivity index (χ2n) is 14.0. The van der Waals surface area contributed by atoms with E-state index in [2.05, 4.69) is 112 Å². The molecule has 8 heteroatoms. The highest BCUT2D eigenvalue weighted by molar-refractivity contribution is 7.29. The van der Waals surface area contributed by atoms with Gasteiger partial charge in [0.15, 0.2) is 0 Å². The number of anilines is 1. The van der Waals surface area contributed by atoms with E-state index in [1.165, 1.54) is 63.4 Å². The number of thiophene rings is 2. The molecule has 1 aliphatic heterocycles. The van der Waals surface area contributed by atoms with E-state index in [0.717, 1.165) is 25.0 Å². The van der Waals surface area contributed by atoms with Gasteiger partial charge < -0.3 is 4.90 Å². The summed E-state index contributed by atoms with van der Waals surface area (Å²) < 4.78 is 1.06. The molecule has 0 bridgehead atoms. The third-order valence-electron chi connectivity index (χ3n) is 9.35. The zero-order valence-electron chi connectivity index (χ0n) is 26.9. The first-order chi connectivity index (χ1) is 21.4. The van der Waals surface area contributed by atoms with Crippen LogP contribution in [0.3, 0.4) is 0 Å². The van der Waals surface area contributed by atoms with Crippen molar-refractivity contribution in [2.75, 3.05) is 4.90 Å². The fraction of sp³-hybridized carbons (Fsp3) is 0.351. The Morgan fingerprint density at radius 1 is 0.889 bits per heavy atom. The fourth-order valence-corrected chi connectivity index (χ4v) is 10.6. The Bertz CT molecular complexity index is 2000. The number of thiazole rings is 1. The maximum Gasteiger partial charge on any atom is 0.231 e. The quantitative estimate of drug-likeness (QED) is 0.141. The first kappa shape index (κ1) is 30.0. The molecule has 0 spiro atoms. The highest BCUT2D eigenvalue weighted by atomic mass is 32.1. The zero-order valence-corrected chi connectivity index (χ0v) is 29.3. The average Bonchev–Trinajstić information content (AvgIpc) is 3.71. The van der Waals surface area contributed by atoms with Crippen LogP contribution in [-0.4, -0.2) is 16.1 Å². The van der Waals surface area contributed by atoms with E-state index >= 15 is 0 Å². The summed E-state index contributed by atoms with van der Waals surface area (Å²) in [7, 11) is 0. The highest BCUT2D eigenvalue weighted by Gasteiger charge is 2.41. The summed E-state index contributed by atoms with van der Waals surface area (Å²) in [6.45, 7) is 16.1. The number of rotatable bonds is 5. The number of hydrogen-bond acceptors (Lipinski definition) is 8. The van der Waals surface area contributed by atoms with Gasteiger partial charge >= 0.3 is 0 Å². The van der Waals surface area contributed by atoms with Crippen molar-refractivity contribution in [3.8, 4) is 17.2 Å². The summed E-state index contributed by atoms with van der Waals surface area (Å²) in [5, 5.41) is 19.7. The monoisotopic (exact) mass is 647 g/mol. The number of nitriles is 1. The van der Waals surface area contributed by atoms with Crippen molar-refractivity contribution in [3.63, 3.8) is 0 Å². The number of allylic oxidation sites excluding steroid dienone is 1. The van der Waals surface area contributed by atoms with E-state index in [0.29, 0.717) is 10.7 Å². The minimum absolute atomic E-state index is 0.0657. The third kappa shape index (κ3) is 5.25. The lowest BCUT2D eigenvalue weighted by molar-refractivity contribution is 0.244. The maximum absolute atomic E-state index is 10.1. The minimum Gasteiger partial charge on any atom is -0.361 e. The summed E-state index contributed by atoms with van der Waals surface area (Å²) in [6.07, 6.45) is 5.64. The summed E-state index contributed by atoms with van der Waals surface area (Å²) >= 11 is 4.85. The van der Waals surface area contributed by atoms with Crippen LogP contribution in [-0.2, 0) is 5.41 Å². The van der Waals surface area contributed by atoms with Gasteiger partial charge in [-0.15, -0.1) is 32.9 Å². The molecule has 1 saturated heterocycles. The molecule has 0 saturated carbocycles. The Balaban J connectivity index is 1.09. The zero-order chi connectivity index (χ0) is 31.7. The molecule has 7 rings (SSSR count). The predicted molar refractivity (Wildman–Crippen MR) is 193 cm³/mol. The van der Waals surface area contributed by atoms with Crippen molar-refractivity contribution in [3.05, 3.63) is 80.4 Å². The lowest BCUT2D eigenvalue weighted by Gasteiger charge is -2.54. The molecule has 0 N–H and O–H groups in total. The molecule has 0 unspecified atom stereocenters. The van der Waals surface area contributed by atoms with Crippen LogP contribution in [0.5, 0.6) is 0 Å². The van der Waals surface area contributed by atoms with Crippen LogP contribution in [0, 0.1) is 18.3 Å². The highest BCUT2D eigenvalue weighted by Crippen LogP contribution is 2.53. The van der Waals surface area contributed by atoms with E-state index in [1.807, 2.05) is 18.2 Å². The number of azo groups is 1. The number of aromatic nitrogens is 1. The Morgan fingerprint density at radius 3 is 2.31 bits per heavy atom. The van der Waals surface area contributed by atoms with Crippen LogP contribution in [0.25, 0.3) is 32.3 Å². The maximum atomic E-state index is 10.1. The molecule has 2 aromatic carbocycles. The Kier molecular flexibility index (Phi) is 7.16. The molecular formula is C37H37N5S3. The van der Waals surface area contributed by atoms with Crippen LogP contribution < -0.4 is 4.90 Å². The fourth-order valence-electron chi connectivity index (χ4n) is 7.34. The minimum atomic E-state index is -0.0657. The predicted octanol–water partition coefficient (Wildman–Crippen LogP) is 12.1. The van der Waals surface area contributed by atoms with Gasteiger partial charge in [0.1, 0.15) is 10.9 Å². The van der Waals surface area contributed by atoms with Gasteiger partial charge in [-0.05, 0) is 113 Å². The van der Waals surface area contributed by atoms with Crippen molar-refractivity contribution < 1.29 is 0 Å². The Hall–Kier alpha value is -3.64. The topological polar surface area (TPSA) is 64.6 Å². The number of piperidine rings is 1. The third-order valence-corrected chi connectivity index (χ3v) is 12.8. The van der Waals surface area contributed by atoms with Gasteiger partial charge in [-0.3, -0.25) is 0 Å². The van der Waals surface area contributed by atoms with Crippen LogP contribution in [0.2, 0.25) is 0 Å². The van der Waals surface area contributed by atoms with Crippen molar-refractivity contribution in [2.24, 2.45) is 10.2 Å². The van der Waals surface area contributed by atoms with Gasteiger partial charge in [-0.2, -0.15) is 5.26 Å². The molecule has 2 aliphatic rings. The SMILES string of the molecule is Cc1ccc2c(c1)C(C)(C)c1sc(/C(C#N)=C/c3cc4sc(/N=N/c5ccc(N6C(C)(C)CCCC6(C)C)cc5)nc4s3)cc1-2. The number of aryl methyl sites for hydroxylation is 1. The Labute approximate surface area is 277 Å². The van der Waals surface area contributed by atoms with E-state index in [4.69, 9.17) is 4.98 Å². The van der Waals surface area contributed by atoms with Gasteiger partial charge in [0.25, 0.3) is 0 Å². The van der Waals surface area contributed by atoms with E-state index in [-0.39, 0.29) is 16.5 Å². The molecule has 0 amide bonds. The van der Waals surface area contributed by atoms with Crippen molar-refractivity contribution in [1.82, 2.24) is 4.98 Å². The summed E-state index contributed by atoms with van der Waals surface area (Å²) in [6, 6.07) is 21.9. The van der Waals surface area contributed by atoms with E-state index in [9.17, 15) is 5.26 Å². The number of fused-ring (bicyclic) bond motifs is 4. The lowest BCUT2D eigenvalue weighted by Crippen LogP contribution is -2.58. The molecule has 5 nitrogen and oxygen atoms in total. The summed E-state index contributed by atoms with van der Waals surface area (Å²) in [5.41, 5.74) is 8.10. The van der Waals surface area contributed by atoms with E-state index in [1.54, 1.807) is 22.7 Å². The molecule has 228 valence electrons. The molecule has 45 heavy (non-hydrogen) atoms. The van der Waals surface area contributed by atoms with Gasteiger partial charge in [0, 0.05) is 36.8 Å². The molecule has 1 fully saturated rings. The smallest absolute Gasteiger partial charge is 0.231 e. The average molecular weight is 648 g/mol. The van der Waals surface area contributed by atoms with Gasteiger partial charge in [0.05, 0.1) is 16.0 Å². The first-order valence-electron chi connectivity index (χ1n) is 15.5. The van der Waals surface area contributed by atoms with Crippen LogP contribution >= 0.6 is 34.0 Å². The van der Waals surface area contributed by atoms with Crippen LogP contribution in [0.4, 0.5) is 16.5 Å². The normalized spacial score (nSPS) is 18.4. The summed E-state index contributed by atoms with van der Waals surface area (Å²) in [5.74, 6) is 0. The summed E-state index contributed by atoms with van der Waals surface area (Å²) in [4.78, 5) is 11.6. The van der Waals surface area contributed by atoms with Gasteiger partial charge in [-0.25, -0.2) is 4.98 Å².